The Morgan fingerprint density at radius 3 is 2.79 bits per heavy atom. The lowest BCUT2D eigenvalue weighted by atomic mass is 10.0. The number of rotatable bonds is 9. The van der Waals surface area contributed by atoms with Crippen molar-refractivity contribution in [2.24, 2.45) is 17.6 Å². The smallest absolute Gasteiger partial charge is 0.220 e. The molecule has 4 aromatic rings. The highest BCUT2D eigenvalue weighted by Crippen LogP contribution is 2.32. The Bertz CT molecular complexity index is 1280. The lowest BCUT2D eigenvalue weighted by Crippen LogP contribution is -2.21. The minimum atomic E-state index is -0.206. The van der Waals surface area contributed by atoms with Crippen molar-refractivity contribution in [3.63, 3.8) is 0 Å². The van der Waals surface area contributed by atoms with Crippen LogP contribution in [0.3, 0.4) is 0 Å². The second kappa shape index (κ2) is 9.68. The summed E-state index contributed by atoms with van der Waals surface area (Å²) in [6.45, 7) is 4.06. The average Bonchev–Trinajstić information content (AvgIpc) is 3.59. The fourth-order valence-electron chi connectivity index (χ4n) is 4.55. The van der Waals surface area contributed by atoms with Crippen LogP contribution in [0.1, 0.15) is 32.0 Å². The van der Waals surface area contributed by atoms with Gasteiger partial charge in [-0.15, -0.1) is 5.10 Å². The van der Waals surface area contributed by atoms with Gasteiger partial charge >= 0.3 is 0 Å². The highest BCUT2D eigenvalue weighted by atomic mass is 16.5. The van der Waals surface area contributed by atoms with E-state index in [-0.39, 0.29) is 11.8 Å². The number of carbonyl (C=O) groups excluding carboxylic acids is 1. The topological polar surface area (TPSA) is 127 Å². The van der Waals surface area contributed by atoms with E-state index >= 15 is 0 Å². The molecule has 1 aliphatic rings. The van der Waals surface area contributed by atoms with E-state index in [1.165, 1.54) is 0 Å². The molecule has 0 spiro atoms. The second-order valence-corrected chi connectivity index (χ2v) is 8.71. The summed E-state index contributed by atoms with van der Waals surface area (Å²) in [5.74, 6) is 0.869. The van der Waals surface area contributed by atoms with Crippen LogP contribution in [0.5, 0.6) is 0 Å². The number of hydrogen-bond donors (Lipinski definition) is 1. The zero-order valence-electron chi connectivity index (χ0n) is 19.2. The van der Waals surface area contributed by atoms with Crippen LogP contribution in [-0.4, -0.2) is 53.9 Å². The molecule has 0 aliphatic heterocycles. The van der Waals surface area contributed by atoms with Crippen molar-refractivity contribution >= 4 is 17.1 Å². The highest BCUT2D eigenvalue weighted by Gasteiger charge is 2.29. The number of amides is 1. The van der Waals surface area contributed by atoms with E-state index in [1.54, 1.807) is 10.9 Å². The van der Waals surface area contributed by atoms with Crippen molar-refractivity contribution < 1.29 is 9.53 Å². The maximum atomic E-state index is 11.5. The van der Waals surface area contributed by atoms with Gasteiger partial charge in [0, 0.05) is 30.7 Å². The zero-order chi connectivity index (χ0) is 23.5. The van der Waals surface area contributed by atoms with Crippen LogP contribution in [0.25, 0.3) is 28.0 Å². The minimum Gasteiger partial charge on any atom is -0.380 e. The molecule has 3 aromatic heterocycles. The van der Waals surface area contributed by atoms with Crippen LogP contribution in [-0.2, 0) is 22.5 Å². The summed E-state index contributed by atoms with van der Waals surface area (Å²) in [4.78, 5) is 20.7. The molecular formula is C24H28N8O2. The third kappa shape index (κ3) is 4.67. The Balaban J connectivity index is 1.32. The standard InChI is InChI=1S/C24H28N8O2/c1-2-34-10-9-31-15-19(13-27-31)17-5-7-20(8-6-17)32-24-21(29-30-32)14-26-22(28-24)12-16-3-4-18(11-16)23(25)33/h5-8,13-16,18H,2-4,9-12H2,1H3,(H2,25,33)/t16-,18-/m1/s1. The maximum absolute atomic E-state index is 11.5. The van der Waals surface area contributed by atoms with Gasteiger partial charge < -0.3 is 10.5 Å². The fourth-order valence-corrected chi connectivity index (χ4v) is 4.55. The molecular weight excluding hydrogens is 432 g/mol. The van der Waals surface area contributed by atoms with Crippen LogP contribution in [0.15, 0.2) is 42.9 Å². The van der Waals surface area contributed by atoms with Crippen molar-refractivity contribution in [2.45, 2.75) is 39.2 Å². The van der Waals surface area contributed by atoms with Crippen LogP contribution in [0.2, 0.25) is 0 Å². The SMILES string of the molecule is CCOCCn1cc(-c2ccc(-n3nnc4cnc(C[C@@H]5CC[C@@H](C(N)=O)C5)nc43)cc2)cn1. The van der Waals surface area contributed by atoms with Gasteiger partial charge in [-0.05, 0) is 49.8 Å². The van der Waals surface area contributed by atoms with Gasteiger partial charge in [0.2, 0.25) is 5.91 Å². The van der Waals surface area contributed by atoms with Gasteiger partial charge in [-0.25, -0.2) is 9.97 Å². The van der Waals surface area contributed by atoms with E-state index in [9.17, 15) is 4.79 Å². The second-order valence-electron chi connectivity index (χ2n) is 8.71. The van der Waals surface area contributed by atoms with E-state index in [1.807, 2.05) is 48.3 Å². The Morgan fingerprint density at radius 1 is 1.18 bits per heavy atom. The first kappa shape index (κ1) is 22.1. The molecule has 0 bridgehead atoms. The van der Waals surface area contributed by atoms with Gasteiger partial charge in [0.1, 0.15) is 5.82 Å². The number of hydrogen-bond acceptors (Lipinski definition) is 7. The van der Waals surface area contributed by atoms with E-state index in [0.717, 1.165) is 54.9 Å². The monoisotopic (exact) mass is 460 g/mol. The number of fused-ring (bicyclic) bond motifs is 1. The van der Waals surface area contributed by atoms with Crippen molar-refractivity contribution in [3.8, 4) is 16.8 Å². The first-order valence-electron chi connectivity index (χ1n) is 11.7. The quantitative estimate of drug-likeness (QED) is 0.380. The summed E-state index contributed by atoms with van der Waals surface area (Å²) in [5.41, 5.74) is 9.77. The van der Waals surface area contributed by atoms with Gasteiger partial charge in [0.25, 0.3) is 0 Å². The Kier molecular flexibility index (Phi) is 6.31. The fraction of sp³-hybridized carbons (Fsp3) is 0.417. The highest BCUT2D eigenvalue weighted by molar-refractivity contribution is 5.77. The molecule has 2 N–H and O–H groups in total. The molecule has 176 valence electrons. The molecule has 3 heterocycles. The Morgan fingerprint density at radius 2 is 2.03 bits per heavy atom. The molecule has 5 rings (SSSR count). The van der Waals surface area contributed by atoms with E-state index in [0.29, 0.717) is 30.3 Å². The number of primary amides is 1. The van der Waals surface area contributed by atoms with Crippen LogP contribution < -0.4 is 5.73 Å². The number of aromatic nitrogens is 7. The van der Waals surface area contributed by atoms with Crippen LogP contribution in [0, 0.1) is 11.8 Å². The van der Waals surface area contributed by atoms with Crippen molar-refractivity contribution in [2.75, 3.05) is 13.2 Å². The maximum Gasteiger partial charge on any atom is 0.220 e. The molecule has 1 saturated carbocycles. The lowest BCUT2D eigenvalue weighted by Gasteiger charge is -2.09. The van der Waals surface area contributed by atoms with E-state index in [2.05, 4.69) is 20.4 Å². The Hall–Kier alpha value is -3.66. The lowest BCUT2D eigenvalue weighted by molar-refractivity contribution is -0.121. The van der Waals surface area contributed by atoms with Gasteiger partial charge in [0.05, 0.1) is 31.2 Å². The number of nitrogens with two attached hydrogens (primary N) is 1. The summed E-state index contributed by atoms with van der Waals surface area (Å²) in [6, 6.07) is 8.07. The molecule has 1 fully saturated rings. The molecule has 2 atom stereocenters. The van der Waals surface area contributed by atoms with E-state index < -0.39 is 0 Å². The number of benzene rings is 1. The first-order valence-corrected chi connectivity index (χ1v) is 11.7. The first-order chi connectivity index (χ1) is 16.6. The van der Waals surface area contributed by atoms with Gasteiger partial charge in [-0.3, -0.25) is 9.48 Å². The minimum absolute atomic E-state index is 0.0313. The van der Waals surface area contributed by atoms with Gasteiger partial charge in [0.15, 0.2) is 11.2 Å². The molecule has 0 unspecified atom stereocenters. The molecule has 10 nitrogen and oxygen atoms in total. The predicted octanol–water partition coefficient (Wildman–Crippen LogP) is 2.55. The zero-order valence-corrected chi connectivity index (χ0v) is 19.2. The summed E-state index contributed by atoms with van der Waals surface area (Å²) in [7, 11) is 0. The largest absolute Gasteiger partial charge is 0.380 e. The molecule has 1 amide bonds. The molecule has 1 aliphatic carbocycles. The Labute approximate surface area is 197 Å². The predicted molar refractivity (Wildman–Crippen MR) is 126 cm³/mol. The molecule has 0 radical (unpaired) electrons. The van der Waals surface area contributed by atoms with Crippen molar-refractivity contribution in [3.05, 3.63) is 48.7 Å². The number of nitrogens with zero attached hydrogens (tertiary/aromatic N) is 7. The third-order valence-corrected chi connectivity index (χ3v) is 6.40. The number of carbonyl (C=O) groups is 1. The summed E-state index contributed by atoms with van der Waals surface area (Å²) in [5, 5.41) is 12.9. The third-order valence-electron chi connectivity index (χ3n) is 6.40. The van der Waals surface area contributed by atoms with Crippen molar-refractivity contribution in [1.29, 1.82) is 0 Å². The molecule has 34 heavy (non-hydrogen) atoms. The number of ether oxygens (including phenoxy) is 1. The van der Waals surface area contributed by atoms with Gasteiger partial charge in [-0.1, -0.05) is 17.3 Å². The van der Waals surface area contributed by atoms with Gasteiger partial charge in [-0.2, -0.15) is 9.78 Å². The average molecular weight is 461 g/mol. The summed E-state index contributed by atoms with van der Waals surface area (Å²) in [6.07, 6.45) is 8.93. The molecule has 0 saturated heterocycles. The summed E-state index contributed by atoms with van der Waals surface area (Å²) >= 11 is 0. The summed E-state index contributed by atoms with van der Waals surface area (Å²) < 4.78 is 9.02. The molecule has 1 aromatic carbocycles. The van der Waals surface area contributed by atoms with Crippen molar-refractivity contribution in [1.82, 2.24) is 34.7 Å². The molecule has 10 heteroatoms. The van der Waals surface area contributed by atoms with Crippen LogP contribution in [0.4, 0.5) is 0 Å². The normalized spacial score (nSPS) is 18.0. The van der Waals surface area contributed by atoms with E-state index in [4.69, 9.17) is 15.5 Å². The van der Waals surface area contributed by atoms with Crippen LogP contribution >= 0.6 is 0 Å².